The van der Waals surface area contributed by atoms with Crippen molar-refractivity contribution < 1.29 is 60.4 Å². The van der Waals surface area contributed by atoms with E-state index in [4.69, 9.17) is 25.0 Å². The number of rotatable bonds is 0. The molecule has 0 aromatic rings. The van der Waals surface area contributed by atoms with Crippen LogP contribution in [0.1, 0.15) is 0 Å². The van der Waals surface area contributed by atoms with Gasteiger partial charge in [-0.1, -0.05) is 0 Å². The van der Waals surface area contributed by atoms with Crippen molar-refractivity contribution in [2.24, 2.45) is 0 Å². The molecule has 0 bridgehead atoms. The van der Waals surface area contributed by atoms with Crippen LogP contribution in [0.15, 0.2) is 0 Å². The minimum atomic E-state index is -5.52. The molecule has 0 rings (SSSR count). The van der Waals surface area contributed by atoms with Gasteiger partial charge in [-0.15, -0.1) is 0 Å². The summed E-state index contributed by atoms with van der Waals surface area (Å²) in [5.41, 5.74) is 0. The summed E-state index contributed by atoms with van der Waals surface area (Å²) in [6.07, 6.45) is 0. The summed E-state index contributed by atoms with van der Waals surface area (Å²) in [6, 6.07) is 0. The van der Waals surface area contributed by atoms with Crippen molar-refractivity contribution in [3.05, 3.63) is 0 Å². The second-order valence-corrected chi connectivity index (χ2v) is 3.81. The van der Waals surface area contributed by atoms with Crippen molar-refractivity contribution in [3.8, 4) is 0 Å². The maximum atomic E-state index is 8.85. The zero-order chi connectivity index (χ0) is 8.08. The summed E-state index contributed by atoms with van der Waals surface area (Å²) in [7, 11) is 0. The fourth-order valence-corrected chi connectivity index (χ4v) is 0. The van der Waals surface area contributed by atoms with Gasteiger partial charge in [-0.2, -0.15) is 0 Å². The summed E-state index contributed by atoms with van der Waals surface area (Å²) in [5.74, 6) is 0. The molecule has 9 heavy (non-hydrogen) atoms. The first-order valence-electron chi connectivity index (χ1n) is 1.35. The van der Waals surface area contributed by atoms with Crippen LogP contribution in [-0.2, 0) is 45.5 Å². The van der Waals surface area contributed by atoms with Gasteiger partial charge in [0, 0.05) is 0 Å². The molecule has 0 spiro atoms. The Morgan fingerprint density at radius 1 is 1.11 bits per heavy atom. The molecule has 0 saturated carbocycles. The van der Waals surface area contributed by atoms with E-state index in [2.05, 4.69) is 0 Å². The summed E-state index contributed by atoms with van der Waals surface area (Å²) < 4.78 is 55.3. The predicted octanol–water partition coefficient (Wildman–Crippen LogP) is -2.59. The Balaban J connectivity index is 0. The van der Waals surface area contributed by atoms with Crippen molar-refractivity contribution in [2.75, 3.05) is 0 Å². The van der Waals surface area contributed by atoms with E-state index >= 15 is 0 Å². The van der Waals surface area contributed by atoms with E-state index in [9.17, 15) is 0 Å². The molecule has 0 aromatic carbocycles. The number of hydrogen-bond acceptors (Lipinski definition) is 3. The summed E-state index contributed by atoms with van der Waals surface area (Å²) in [5, 5.41) is 0. The van der Waals surface area contributed by atoms with Crippen molar-refractivity contribution >= 4 is 0 Å². The minimum absolute atomic E-state index is 3.58. The normalized spacial score (nSPS) is 9.33. The Morgan fingerprint density at radius 3 is 1.11 bits per heavy atom. The molecule has 0 atom stereocenters. The van der Waals surface area contributed by atoms with Crippen LogP contribution in [0.2, 0.25) is 0 Å². The van der Waals surface area contributed by atoms with Gasteiger partial charge in [-0.05, 0) is 0 Å². The molecule has 0 aromatic heterocycles. The molecule has 0 aliphatic carbocycles. The molecule has 0 unspecified atom stereocenters. The maximum absolute atomic E-state index is 8.85. The SMILES string of the molecule is [O]=[Mo](=[O])([OH])[OH].[O]=[Ti]([OH])[OH]. The van der Waals surface area contributed by atoms with Crippen LogP contribution in [-0.4, -0.2) is 14.9 Å². The van der Waals surface area contributed by atoms with E-state index in [-0.39, 0.29) is 0 Å². The first kappa shape index (κ1) is 12.3. The zero-order valence-electron chi connectivity index (χ0n) is 3.92. The molecular weight excluding hydrogens is 256 g/mol. The summed E-state index contributed by atoms with van der Waals surface area (Å²) in [6.45, 7) is 0. The second kappa shape index (κ2) is 5.43. The van der Waals surface area contributed by atoms with Gasteiger partial charge in [0.25, 0.3) is 0 Å². The van der Waals surface area contributed by atoms with Gasteiger partial charge in [-0.3, -0.25) is 0 Å². The first-order valence-corrected chi connectivity index (χ1v) is 6.82. The van der Waals surface area contributed by atoms with Gasteiger partial charge in [0.05, 0.1) is 0 Å². The fourth-order valence-electron chi connectivity index (χ4n) is 0. The Morgan fingerprint density at radius 2 is 1.11 bits per heavy atom. The van der Waals surface area contributed by atoms with Crippen molar-refractivity contribution in [3.63, 3.8) is 0 Å². The van der Waals surface area contributed by atoms with E-state index < -0.39 is 35.4 Å². The van der Waals surface area contributed by atoms with Crippen LogP contribution >= 0.6 is 0 Å². The molecule has 0 radical (unpaired) electrons. The second-order valence-electron chi connectivity index (χ2n) is 0.730. The Hall–Kier alpha value is 0.643. The molecule has 0 fully saturated rings. The van der Waals surface area contributed by atoms with Gasteiger partial charge in [0.2, 0.25) is 0 Å². The molecule has 0 heterocycles. The van der Waals surface area contributed by atoms with E-state index in [1.807, 2.05) is 0 Å². The van der Waals surface area contributed by atoms with Gasteiger partial charge >= 0.3 is 60.4 Å². The van der Waals surface area contributed by atoms with Gasteiger partial charge in [0.1, 0.15) is 0 Å². The van der Waals surface area contributed by atoms with Crippen LogP contribution in [0.3, 0.4) is 0 Å². The first-order chi connectivity index (χ1) is 3.73. The third-order valence-corrected chi connectivity index (χ3v) is 0. The predicted molar refractivity (Wildman–Crippen MR) is 10.9 cm³/mol. The quantitative estimate of drug-likeness (QED) is 0.351. The average molecular weight is 260 g/mol. The van der Waals surface area contributed by atoms with E-state index in [0.717, 1.165) is 0 Å². The average Bonchev–Trinajstić information content (AvgIpc) is 1.19. The monoisotopic (exact) mass is 262 g/mol. The molecule has 9 heteroatoms. The molecule has 0 saturated heterocycles. The van der Waals surface area contributed by atoms with Crippen molar-refractivity contribution in [1.29, 1.82) is 0 Å². The fraction of sp³-hybridized carbons (Fsp3) is 0. The third kappa shape index (κ3) is 924. The number of hydrogen-bond donors (Lipinski definition) is 4. The van der Waals surface area contributed by atoms with E-state index in [0.29, 0.717) is 0 Å². The van der Waals surface area contributed by atoms with Gasteiger partial charge in [0.15, 0.2) is 0 Å². The van der Waals surface area contributed by atoms with Crippen LogP contribution in [0.4, 0.5) is 0 Å². The van der Waals surface area contributed by atoms with Gasteiger partial charge < -0.3 is 0 Å². The zero-order valence-corrected chi connectivity index (χ0v) is 7.49. The van der Waals surface area contributed by atoms with Crippen LogP contribution < -0.4 is 0 Å². The summed E-state index contributed by atoms with van der Waals surface area (Å²) >= 11 is -9.10. The van der Waals surface area contributed by atoms with Crippen molar-refractivity contribution in [1.82, 2.24) is 0 Å². The molecule has 56 valence electrons. The van der Waals surface area contributed by atoms with Crippen LogP contribution in [0.5, 0.6) is 0 Å². The Kier molecular flexibility index (Phi) is 7.44. The van der Waals surface area contributed by atoms with Gasteiger partial charge in [-0.25, -0.2) is 0 Å². The molecule has 0 aliphatic rings. The molecule has 4 N–H and O–H groups in total. The molecule has 0 amide bonds. The standard InChI is InChI=1S/Mo.4H2O.3O.Ti/h;4*1H2;;;;/q+2;;;;;;;;+2/p-4. The Labute approximate surface area is 60.4 Å². The molecular formula is H4MoO7Ti. The summed E-state index contributed by atoms with van der Waals surface area (Å²) in [4.78, 5) is 0. The van der Waals surface area contributed by atoms with E-state index in [1.54, 1.807) is 0 Å². The van der Waals surface area contributed by atoms with Crippen LogP contribution in [0.25, 0.3) is 0 Å². The topological polar surface area (TPSA) is 132 Å². The van der Waals surface area contributed by atoms with Crippen LogP contribution in [0, 0.1) is 0 Å². The Bertz CT molecular complexity index is 151. The van der Waals surface area contributed by atoms with Crippen molar-refractivity contribution in [2.45, 2.75) is 0 Å². The van der Waals surface area contributed by atoms with E-state index in [1.165, 1.54) is 0 Å². The molecule has 0 aliphatic heterocycles. The molecule has 7 nitrogen and oxygen atoms in total. The third-order valence-electron chi connectivity index (χ3n) is 0.